The Morgan fingerprint density at radius 2 is 1.97 bits per heavy atom. The number of ether oxygens (including phenoxy) is 1. The molecule has 1 atom stereocenters. The van der Waals surface area contributed by atoms with Crippen LogP contribution in [0.15, 0.2) is 53.7 Å². The maximum atomic E-state index is 13.3. The molecule has 1 unspecified atom stereocenters. The van der Waals surface area contributed by atoms with Gasteiger partial charge in [0.1, 0.15) is 5.82 Å². The molecule has 0 saturated carbocycles. The lowest BCUT2D eigenvalue weighted by atomic mass is 10.2. The summed E-state index contributed by atoms with van der Waals surface area (Å²) in [6, 6.07) is 13.1. The van der Waals surface area contributed by atoms with Crippen molar-refractivity contribution < 1.29 is 13.9 Å². The SMILES string of the molecule is O=C(CSc1nnc(-c2ccc(F)cc2)n1CC1CCCO1)Nc1ccc(Cl)cc1. The lowest BCUT2D eigenvalue weighted by Crippen LogP contribution is -2.18. The molecule has 6 nitrogen and oxygen atoms in total. The minimum absolute atomic E-state index is 0.0717. The van der Waals surface area contributed by atoms with Crippen LogP contribution in [0.2, 0.25) is 5.02 Å². The Kier molecular flexibility index (Phi) is 6.66. The van der Waals surface area contributed by atoms with Gasteiger partial charge in [0.2, 0.25) is 5.91 Å². The molecule has 0 bridgehead atoms. The van der Waals surface area contributed by atoms with Crippen molar-refractivity contribution in [3.63, 3.8) is 0 Å². The fourth-order valence-corrected chi connectivity index (χ4v) is 4.10. The number of hydrogen-bond donors (Lipinski definition) is 1. The van der Waals surface area contributed by atoms with E-state index in [1.807, 2.05) is 4.57 Å². The van der Waals surface area contributed by atoms with Gasteiger partial charge in [0, 0.05) is 22.9 Å². The first-order valence-corrected chi connectivity index (χ1v) is 10.9. The molecular formula is C21H20ClFN4O2S. The third kappa shape index (κ3) is 5.19. The molecule has 2 aromatic carbocycles. The average molecular weight is 447 g/mol. The summed E-state index contributed by atoms with van der Waals surface area (Å²) in [5.74, 6) is 0.344. The molecule has 0 radical (unpaired) electrons. The molecular weight excluding hydrogens is 427 g/mol. The van der Waals surface area contributed by atoms with Crippen LogP contribution in [0.3, 0.4) is 0 Å². The Labute approximate surface area is 182 Å². The van der Waals surface area contributed by atoms with E-state index in [-0.39, 0.29) is 23.6 Å². The molecule has 1 fully saturated rings. The molecule has 0 spiro atoms. The fourth-order valence-electron chi connectivity index (χ4n) is 3.22. The van der Waals surface area contributed by atoms with E-state index in [1.165, 1.54) is 23.9 Å². The van der Waals surface area contributed by atoms with Gasteiger partial charge in [-0.05, 0) is 61.4 Å². The molecule has 3 aromatic rings. The smallest absolute Gasteiger partial charge is 0.234 e. The molecule has 0 aliphatic carbocycles. The van der Waals surface area contributed by atoms with Crippen LogP contribution in [0.5, 0.6) is 0 Å². The summed E-state index contributed by atoms with van der Waals surface area (Å²) >= 11 is 7.17. The van der Waals surface area contributed by atoms with E-state index in [4.69, 9.17) is 16.3 Å². The molecule has 1 N–H and O–H groups in total. The van der Waals surface area contributed by atoms with Gasteiger partial charge in [0.25, 0.3) is 0 Å². The fraction of sp³-hybridized carbons (Fsp3) is 0.286. The number of hydrogen-bond acceptors (Lipinski definition) is 5. The molecule has 2 heterocycles. The van der Waals surface area contributed by atoms with Gasteiger partial charge < -0.3 is 10.1 Å². The van der Waals surface area contributed by atoms with Gasteiger partial charge in [0.15, 0.2) is 11.0 Å². The van der Waals surface area contributed by atoms with Crippen molar-refractivity contribution in [2.24, 2.45) is 0 Å². The molecule has 1 aliphatic heterocycles. The maximum Gasteiger partial charge on any atom is 0.234 e. The van der Waals surface area contributed by atoms with E-state index in [2.05, 4.69) is 15.5 Å². The topological polar surface area (TPSA) is 69.0 Å². The highest BCUT2D eigenvalue weighted by Gasteiger charge is 2.22. The van der Waals surface area contributed by atoms with Crippen molar-refractivity contribution in [1.29, 1.82) is 0 Å². The Hall–Kier alpha value is -2.42. The second kappa shape index (κ2) is 9.59. The van der Waals surface area contributed by atoms with Crippen LogP contribution >= 0.6 is 23.4 Å². The van der Waals surface area contributed by atoms with E-state index in [9.17, 15) is 9.18 Å². The van der Waals surface area contributed by atoms with Crippen molar-refractivity contribution in [1.82, 2.24) is 14.8 Å². The predicted molar refractivity (Wildman–Crippen MR) is 115 cm³/mol. The number of nitrogens with zero attached hydrogens (tertiary/aromatic N) is 3. The van der Waals surface area contributed by atoms with E-state index in [1.54, 1.807) is 36.4 Å². The van der Waals surface area contributed by atoms with E-state index < -0.39 is 0 Å². The molecule has 1 amide bonds. The second-order valence-electron chi connectivity index (χ2n) is 6.90. The van der Waals surface area contributed by atoms with Crippen LogP contribution < -0.4 is 5.32 Å². The van der Waals surface area contributed by atoms with Crippen molar-refractivity contribution in [2.75, 3.05) is 17.7 Å². The van der Waals surface area contributed by atoms with Gasteiger partial charge in [-0.25, -0.2) is 4.39 Å². The summed E-state index contributed by atoms with van der Waals surface area (Å²) in [5, 5.41) is 12.6. The van der Waals surface area contributed by atoms with E-state index >= 15 is 0 Å². The van der Waals surface area contributed by atoms with Crippen molar-refractivity contribution in [3.05, 3.63) is 59.4 Å². The third-order valence-corrected chi connectivity index (χ3v) is 5.91. The number of nitrogens with one attached hydrogen (secondary N) is 1. The number of anilines is 1. The zero-order valence-corrected chi connectivity index (χ0v) is 17.6. The molecule has 1 saturated heterocycles. The average Bonchev–Trinajstić information content (AvgIpc) is 3.39. The first-order valence-electron chi connectivity index (χ1n) is 9.57. The summed E-state index contributed by atoms with van der Waals surface area (Å²) in [5.41, 5.74) is 1.44. The van der Waals surface area contributed by atoms with Gasteiger partial charge in [-0.2, -0.15) is 0 Å². The number of halogens is 2. The largest absolute Gasteiger partial charge is 0.376 e. The first kappa shape index (κ1) is 20.8. The van der Waals surface area contributed by atoms with Crippen LogP contribution in [0, 0.1) is 5.82 Å². The summed E-state index contributed by atoms with van der Waals surface area (Å²) in [4.78, 5) is 12.4. The van der Waals surface area contributed by atoms with Gasteiger partial charge in [-0.3, -0.25) is 9.36 Å². The van der Waals surface area contributed by atoms with Crippen LogP contribution in [-0.4, -0.2) is 39.1 Å². The number of rotatable bonds is 7. The minimum Gasteiger partial charge on any atom is -0.376 e. The monoisotopic (exact) mass is 446 g/mol. The highest BCUT2D eigenvalue weighted by molar-refractivity contribution is 7.99. The summed E-state index contributed by atoms with van der Waals surface area (Å²) in [6.45, 7) is 1.32. The highest BCUT2D eigenvalue weighted by Crippen LogP contribution is 2.27. The highest BCUT2D eigenvalue weighted by atomic mass is 35.5. The number of carbonyl (C=O) groups is 1. The zero-order valence-electron chi connectivity index (χ0n) is 16.1. The van der Waals surface area contributed by atoms with Gasteiger partial charge in [0.05, 0.1) is 18.4 Å². The Balaban J connectivity index is 1.49. The molecule has 4 rings (SSSR count). The zero-order chi connectivity index (χ0) is 20.9. The Morgan fingerprint density at radius 1 is 1.20 bits per heavy atom. The standard InChI is InChI=1S/C21H20ClFN4O2S/c22-15-5-9-17(10-6-15)24-19(28)13-30-21-26-25-20(14-3-7-16(23)8-4-14)27(21)12-18-2-1-11-29-18/h3-10,18H,1-2,11-13H2,(H,24,28). The van der Waals surface area contributed by atoms with Crippen LogP contribution in [0.4, 0.5) is 10.1 Å². The third-order valence-electron chi connectivity index (χ3n) is 4.69. The first-order chi connectivity index (χ1) is 14.6. The van der Waals surface area contributed by atoms with Gasteiger partial charge >= 0.3 is 0 Å². The molecule has 156 valence electrons. The lowest BCUT2D eigenvalue weighted by Gasteiger charge is -2.14. The molecule has 30 heavy (non-hydrogen) atoms. The quantitative estimate of drug-likeness (QED) is 0.535. The Morgan fingerprint density at radius 3 is 2.67 bits per heavy atom. The molecule has 9 heteroatoms. The van der Waals surface area contributed by atoms with Crippen molar-refractivity contribution >= 4 is 35.0 Å². The number of carbonyl (C=O) groups excluding carboxylic acids is 1. The van der Waals surface area contributed by atoms with E-state index in [0.29, 0.717) is 28.2 Å². The molecule has 1 aromatic heterocycles. The summed E-state index contributed by atoms with van der Waals surface area (Å²) in [7, 11) is 0. The number of aromatic nitrogens is 3. The number of thioether (sulfide) groups is 1. The predicted octanol–water partition coefficient (Wildman–Crippen LogP) is 4.65. The van der Waals surface area contributed by atoms with Crippen LogP contribution in [0.25, 0.3) is 11.4 Å². The Bertz CT molecular complexity index is 1000. The van der Waals surface area contributed by atoms with E-state index in [0.717, 1.165) is 25.0 Å². The van der Waals surface area contributed by atoms with Crippen LogP contribution in [-0.2, 0) is 16.1 Å². The van der Waals surface area contributed by atoms with Crippen molar-refractivity contribution in [2.45, 2.75) is 30.6 Å². The second-order valence-corrected chi connectivity index (χ2v) is 8.28. The number of amides is 1. The summed E-state index contributed by atoms with van der Waals surface area (Å²) < 4.78 is 21.0. The van der Waals surface area contributed by atoms with Crippen LogP contribution in [0.1, 0.15) is 12.8 Å². The van der Waals surface area contributed by atoms with Gasteiger partial charge in [-0.1, -0.05) is 23.4 Å². The van der Waals surface area contributed by atoms with Crippen molar-refractivity contribution in [3.8, 4) is 11.4 Å². The minimum atomic E-state index is -0.308. The maximum absolute atomic E-state index is 13.3. The van der Waals surface area contributed by atoms with Gasteiger partial charge in [-0.15, -0.1) is 10.2 Å². The number of benzene rings is 2. The molecule has 1 aliphatic rings. The summed E-state index contributed by atoms with van der Waals surface area (Å²) in [6.07, 6.45) is 2.05. The normalized spacial score (nSPS) is 16.0. The lowest BCUT2D eigenvalue weighted by molar-refractivity contribution is -0.113.